The molecular weight excluding hydrogens is 224 g/mol. The smallest absolute Gasteiger partial charge is 0.124 e. The molecule has 0 spiro atoms. The number of allylic oxidation sites excluding steroid dienone is 2. The predicted octanol–water partition coefficient (Wildman–Crippen LogP) is 4.00. The Bertz CT molecular complexity index is 514. The number of phenolic OH excluding ortho intramolecular Hbond substituents is 1. The average Bonchev–Trinajstić information content (AvgIpc) is 2.30. The molecule has 0 saturated carbocycles. The predicted molar refractivity (Wildman–Crippen MR) is 72.0 cm³/mol. The lowest BCUT2D eigenvalue weighted by molar-refractivity contribution is 0.0115. The van der Waals surface area contributed by atoms with Gasteiger partial charge in [0.2, 0.25) is 0 Å². The second-order valence-corrected chi connectivity index (χ2v) is 6.11. The van der Waals surface area contributed by atoms with E-state index in [1.54, 1.807) is 6.07 Å². The van der Waals surface area contributed by atoms with E-state index in [9.17, 15) is 5.11 Å². The molecule has 0 saturated heterocycles. The lowest BCUT2D eigenvalue weighted by atomic mass is 9.68. The molecule has 2 heteroatoms. The highest BCUT2D eigenvalue weighted by Crippen LogP contribution is 2.50. The molecule has 3 rings (SSSR count). The molecule has 0 amide bonds. The van der Waals surface area contributed by atoms with E-state index in [1.165, 1.54) is 5.57 Å². The molecular formula is C16H20O2. The molecule has 1 heterocycles. The van der Waals surface area contributed by atoms with E-state index in [0.717, 1.165) is 24.2 Å². The summed E-state index contributed by atoms with van der Waals surface area (Å²) in [5.74, 6) is 2.12. The monoisotopic (exact) mass is 244 g/mol. The van der Waals surface area contributed by atoms with Gasteiger partial charge >= 0.3 is 0 Å². The van der Waals surface area contributed by atoms with Crippen molar-refractivity contribution in [3.8, 4) is 11.5 Å². The Hall–Kier alpha value is -1.44. The number of aromatic hydroxyl groups is 1. The van der Waals surface area contributed by atoms with Crippen LogP contribution in [0.25, 0.3) is 0 Å². The molecule has 0 fully saturated rings. The number of hydrogen-bond acceptors (Lipinski definition) is 2. The quantitative estimate of drug-likeness (QED) is 0.699. The Balaban J connectivity index is 2.15. The van der Waals surface area contributed by atoms with E-state index < -0.39 is 0 Å². The van der Waals surface area contributed by atoms with Crippen LogP contribution in [-0.2, 0) is 0 Å². The summed E-state index contributed by atoms with van der Waals surface area (Å²) in [5.41, 5.74) is 2.45. The van der Waals surface area contributed by atoms with Crippen molar-refractivity contribution in [1.29, 1.82) is 0 Å². The van der Waals surface area contributed by atoms with Crippen LogP contribution < -0.4 is 4.74 Å². The minimum atomic E-state index is -0.133. The van der Waals surface area contributed by atoms with Crippen molar-refractivity contribution >= 4 is 0 Å². The second kappa shape index (κ2) is 3.78. The van der Waals surface area contributed by atoms with E-state index >= 15 is 0 Å². The van der Waals surface area contributed by atoms with Crippen LogP contribution in [0.3, 0.4) is 0 Å². The van der Waals surface area contributed by atoms with Gasteiger partial charge in [-0.25, -0.2) is 0 Å². The Morgan fingerprint density at radius 3 is 2.89 bits per heavy atom. The van der Waals surface area contributed by atoms with Gasteiger partial charge in [0, 0.05) is 17.4 Å². The van der Waals surface area contributed by atoms with Gasteiger partial charge in [0.1, 0.15) is 17.1 Å². The topological polar surface area (TPSA) is 29.5 Å². The van der Waals surface area contributed by atoms with Crippen molar-refractivity contribution in [2.75, 3.05) is 0 Å². The first-order valence-corrected chi connectivity index (χ1v) is 6.66. The summed E-state index contributed by atoms with van der Waals surface area (Å²) >= 11 is 0. The van der Waals surface area contributed by atoms with E-state index in [4.69, 9.17) is 4.74 Å². The lowest BCUT2D eigenvalue weighted by Gasteiger charge is -2.46. The van der Waals surface area contributed by atoms with Crippen molar-refractivity contribution in [3.05, 3.63) is 35.4 Å². The number of hydrogen-bond donors (Lipinski definition) is 1. The summed E-state index contributed by atoms with van der Waals surface area (Å²) in [6, 6.07) is 5.45. The normalized spacial score (nSPS) is 28.7. The first-order valence-electron chi connectivity index (χ1n) is 6.66. The van der Waals surface area contributed by atoms with Crippen LogP contribution in [-0.4, -0.2) is 10.7 Å². The van der Waals surface area contributed by atoms with Crippen molar-refractivity contribution in [2.45, 2.75) is 45.1 Å². The maximum Gasteiger partial charge on any atom is 0.124 e. The summed E-state index contributed by atoms with van der Waals surface area (Å²) in [5, 5.41) is 9.70. The van der Waals surface area contributed by atoms with Crippen molar-refractivity contribution in [3.63, 3.8) is 0 Å². The van der Waals surface area contributed by atoms with Gasteiger partial charge in [0.05, 0.1) is 0 Å². The molecule has 2 aliphatic rings. The van der Waals surface area contributed by atoms with Crippen LogP contribution in [0.5, 0.6) is 11.5 Å². The number of ether oxygens (including phenoxy) is 1. The maximum absolute atomic E-state index is 9.70. The fourth-order valence-corrected chi connectivity index (χ4v) is 3.40. The second-order valence-electron chi connectivity index (χ2n) is 6.11. The molecule has 1 aliphatic carbocycles. The Kier molecular flexibility index (Phi) is 2.44. The molecule has 1 aromatic carbocycles. The van der Waals surface area contributed by atoms with Crippen molar-refractivity contribution in [1.82, 2.24) is 0 Å². The Morgan fingerprint density at radius 2 is 2.11 bits per heavy atom. The summed E-state index contributed by atoms with van der Waals surface area (Å²) in [6.45, 7) is 6.55. The van der Waals surface area contributed by atoms with Gasteiger partial charge < -0.3 is 9.84 Å². The number of fused-ring (bicyclic) bond motifs is 3. The van der Waals surface area contributed by atoms with Gasteiger partial charge in [-0.2, -0.15) is 0 Å². The molecule has 18 heavy (non-hydrogen) atoms. The van der Waals surface area contributed by atoms with E-state index in [0.29, 0.717) is 17.6 Å². The maximum atomic E-state index is 9.70. The minimum Gasteiger partial charge on any atom is -0.508 e. The molecule has 1 aliphatic heterocycles. The van der Waals surface area contributed by atoms with Crippen LogP contribution in [0.15, 0.2) is 29.8 Å². The Labute approximate surface area is 108 Å². The molecule has 0 bridgehead atoms. The van der Waals surface area contributed by atoms with Gasteiger partial charge in [0.25, 0.3) is 0 Å². The van der Waals surface area contributed by atoms with Crippen LogP contribution in [0.2, 0.25) is 0 Å². The first-order chi connectivity index (χ1) is 8.47. The molecule has 0 radical (unpaired) electrons. The summed E-state index contributed by atoms with van der Waals surface area (Å²) in [4.78, 5) is 0. The van der Waals surface area contributed by atoms with Crippen LogP contribution in [0.4, 0.5) is 0 Å². The van der Waals surface area contributed by atoms with Gasteiger partial charge in [-0.1, -0.05) is 11.6 Å². The fraction of sp³-hybridized carbons (Fsp3) is 0.500. The van der Waals surface area contributed by atoms with Crippen LogP contribution in [0.1, 0.15) is 45.1 Å². The lowest BCUT2D eigenvalue weighted by Crippen LogP contribution is -2.45. The zero-order valence-electron chi connectivity index (χ0n) is 11.2. The SMILES string of the molecule is CC1=C[C@@H]2c3cc(O)ccc3OC(C)(C)[C@H]2CC1. The highest BCUT2D eigenvalue weighted by Gasteiger charge is 2.43. The van der Waals surface area contributed by atoms with Gasteiger partial charge in [-0.3, -0.25) is 0 Å². The van der Waals surface area contributed by atoms with E-state index in [1.807, 2.05) is 12.1 Å². The standard InChI is InChI=1S/C16H20O2/c1-10-4-6-14-12(8-10)13-9-11(17)5-7-15(13)18-16(14,2)3/h5,7-9,12,14,17H,4,6H2,1-3H3/t12-,14+/m1/s1. The summed E-state index contributed by atoms with van der Waals surface area (Å²) < 4.78 is 6.14. The van der Waals surface area contributed by atoms with E-state index in [2.05, 4.69) is 26.8 Å². The number of rotatable bonds is 0. The minimum absolute atomic E-state index is 0.133. The highest BCUT2D eigenvalue weighted by atomic mass is 16.5. The average molecular weight is 244 g/mol. The third-order valence-corrected chi connectivity index (χ3v) is 4.37. The molecule has 0 unspecified atom stereocenters. The largest absolute Gasteiger partial charge is 0.508 e. The molecule has 1 aromatic rings. The highest BCUT2D eigenvalue weighted by molar-refractivity contribution is 5.47. The zero-order chi connectivity index (χ0) is 12.9. The molecule has 96 valence electrons. The summed E-state index contributed by atoms with van der Waals surface area (Å²) in [6.07, 6.45) is 4.67. The van der Waals surface area contributed by atoms with Crippen molar-refractivity contribution in [2.24, 2.45) is 5.92 Å². The Morgan fingerprint density at radius 1 is 1.33 bits per heavy atom. The van der Waals surface area contributed by atoms with Gasteiger partial charge in [-0.05, 0) is 51.8 Å². The third kappa shape index (κ3) is 1.71. The van der Waals surface area contributed by atoms with Crippen LogP contribution >= 0.6 is 0 Å². The number of phenols is 1. The van der Waals surface area contributed by atoms with Gasteiger partial charge in [0.15, 0.2) is 0 Å². The van der Waals surface area contributed by atoms with E-state index in [-0.39, 0.29) is 5.60 Å². The molecule has 0 aromatic heterocycles. The van der Waals surface area contributed by atoms with Gasteiger partial charge in [-0.15, -0.1) is 0 Å². The zero-order valence-corrected chi connectivity index (χ0v) is 11.2. The molecule has 2 atom stereocenters. The fourth-order valence-electron chi connectivity index (χ4n) is 3.40. The number of benzene rings is 1. The van der Waals surface area contributed by atoms with Crippen LogP contribution in [0, 0.1) is 5.92 Å². The molecule has 2 nitrogen and oxygen atoms in total. The molecule has 1 N–H and O–H groups in total. The third-order valence-electron chi connectivity index (χ3n) is 4.37. The summed E-state index contributed by atoms with van der Waals surface area (Å²) in [7, 11) is 0. The first kappa shape index (κ1) is 11.6. The van der Waals surface area contributed by atoms with Crippen molar-refractivity contribution < 1.29 is 9.84 Å².